The minimum absolute atomic E-state index is 0.697. The number of thioether (sulfide) groups is 1. The van der Waals surface area contributed by atoms with Crippen LogP contribution in [0.2, 0.25) is 0 Å². The first-order valence-corrected chi connectivity index (χ1v) is 6.20. The van der Waals surface area contributed by atoms with Crippen LogP contribution in [-0.2, 0) is 0 Å². The van der Waals surface area contributed by atoms with Gasteiger partial charge >= 0.3 is 0 Å². The van der Waals surface area contributed by atoms with Gasteiger partial charge in [0.15, 0.2) is 0 Å². The lowest BCUT2D eigenvalue weighted by atomic mass is 10.2. The zero-order valence-corrected chi connectivity index (χ0v) is 9.60. The summed E-state index contributed by atoms with van der Waals surface area (Å²) < 4.78 is 0. The standard InChI is InChI=1S/C11H18N2S/c1-9(8-14-2)7-13-11-5-3-10(12)4-6-11/h3-6,9,13H,7-8,12H2,1-2H3. The highest BCUT2D eigenvalue weighted by atomic mass is 32.2. The molecule has 0 fully saturated rings. The number of hydrogen-bond acceptors (Lipinski definition) is 3. The van der Waals surface area contributed by atoms with Crippen molar-refractivity contribution in [3.8, 4) is 0 Å². The van der Waals surface area contributed by atoms with E-state index in [0.29, 0.717) is 5.92 Å². The summed E-state index contributed by atoms with van der Waals surface area (Å²) in [6.45, 7) is 3.27. The molecule has 1 aromatic rings. The van der Waals surface area contributed by atoms with E-state index in [1.807, 2.05) is 36.0 Å². The van der Waals surface area contributed by atoms with Gasteiger partial charge in [0, 0.05) is 17.9 Å². The second kappa shape index (κ2) is 5.81. The molecular weight excluding hydrogens is 192 g/mol. The van der Waals surface area contributed by atoms with Crippen molar-refractivity contribution >= 4 is 23.1 Å². The number of hydrogen-bond donors (Lipinski definition) is 2. The molecule has 0 aliphatic carbocycles. The Hall–Kier alpha value is -0.830. The van der Waals surface area contributed by atoms with Crippen LogP contribution in [0.4, 0.5) is 11.4 Å². The summed E-state index contributed by atoms with van der Waals surface area (Å²) in [5.74, 6) is 1.89. The average molecular weight is 210 g/mol. The summed E-state index contributed by atoms with van der Waals surface area (Å²) in [6.07, 6.45) is 2.14. The average Bonchev–Trinajstić information content (AvgIpc) is 2.17. The molecule has 0 heterocycles. The van der Waals surface area contributed by atoms with E-state index in [9.17, 15) is 0 Å². The van der Waals surface area contributed by atoms with Gasteiger partial charge in [0.2, 0.25) is 0 Å². The van der Waals surface area contributed by atoms with Crippen LogP contribution in [0.25, 0.3) is 0 Å². The van der Waals surface area contributed by atoms with Crippen LogP contribution in [0.5, 0.6) is 0 Å². The molecule has 0 aliphatic heterocycles. The SMILES string of the molecule is CSCC(C)CNc1ccc(N)cc1. The first kappa shape index (κ1) is 11.2. The molecule has 0 aliphatic rings. The number of rotatable bonds is 5. The normalized spacial score (nSPS) is 12.4. The van der Waals surface area contributed by atoms with Crippen LogP contribution in [0.15, 0.2) is 24.3 Å². The van der Waals surface area contributed by atoms with Crippen molar-refractivity contribution in [3.63, 3.8) is 0 Å². The van der Waals surface area contributed by atoms with Gasteiger partial charge in [-0.15, -0.1) is 0 Å². The minimum atomic E-state index is 0.697. The summed E-state index contributed by atoms with van der Waals surface area (Å²) in [5, 5.41) is 3.39. The molecule has 3 heteroatoms. The Morgan fingerprint density at radius 1 is 1.36 bits per heavy atom. The molecule has 78 valence electrons. The van der Waals surface area contributed by atoms with Gasteiger partial charge in [-0.2, -0.15) is 11.8 Å². The lowest BCUT2D eigenvalue weighted by Gasteiger charge is -2.12. The van der Waals surface area contributed by atoms with Gasteiger partial charge in [-0.25, -0.2) is 0 Å². The molecule has 14 heavy (non-hydrogen) atoms. The van der Waals surface area contributed by atoms with Gasteiger partial charge in [-0.05, 0) is 42.2 Å². The first-order chi connectivity index (χ1) is 6.72. The van der Waals surface area contributed by atoms with E-state index in [2.05, 4.69) is 18.5 Å². The number of benzene rings is 1. The lowest BCUT2D eigenvalue weighted by Crippen LogP contribution is -2.13. The van der Waals surface area contributed by atoms with Gasteiger partial charge in [0.05, 0.1) is 0 Å². The highest BCUT2D eigenvalue weighted by molar-refractivity contribution is 7.98. The molecule has 1 aromatic carbocycles. The van der Waals surface area contributed by atoms with Gasteiger partial charge in [-0.1, -0.05) is 6.92 Å². The van der Waals surface area contributed by atoms with E-state index < -0.39 is 0 Å². The molecule has 1 rings (SSSR count). The molecular formula is C11H18N2S. The van der Waals surface area contributed by atoms with Gasteiger partial charge in [0.25, 0.3) is 0 Å². The summed E-state index contributed by atoms with van der Waals surface area (Å²) in [5.41, 5.74) is 7.56. The molecule has 0 amide bonds. The maximum Gasteiger partial charge on any atom is 0.0341 e. The van der Waals surface area contributed by atoms with E-state index in [0.717, 1.165) is 17.9 Å². The maximum absolute atomic E-state index is 5.60. The quantitative estimate of drug-likeness (QED) is 0.734. The Kier molecular flexibility index (Phi) is 4.66. The maximum atomic E-state index is 5.60. The number of nitrogens with two attached hydrogens (primary N) is 1. The fourth-order valence-electron chi connectivity index (χ4n) is 1.24. The van der Waals surface area contributed by atoms with Crippen molar-refractivity contribution in [2.24, 2.45) is 5.92 Å². The van der Waals surface area contributed by atoms with E-state index in [4.69, 9.17) is 5.73 Å². The van der Waals surface area contributed by atoms with Gasteiger partial charge < -0.3 is 11.1 Å². The molecule has 0 saturated heterocycles. The second-order valence-corrected chi connectivity index (χ2v) is 4.47. The lowest BCUT2D eigenvalue weighted by molar-refractivity contribution is 0.701. The molecule has 0 saturated carbocycles. The smallest absolute Gasteiger partial charge is 0.0341 e. The topological polar surface area (TPSA) is 38.0 Å². The molecule has 1 atom stereocenters. The van der Waals surface area contributed by atoms with E-state index in [1.165, 1.54) is 5.75 Å². The van der Waals surface area contributed by atoms with E-state index in [1.54, 1.807) is 0 Å². The van der Waals surface area contributed by atoms with Crippen LogP contribution in [0, 0.1) is 5.92 Å². The Morgan fingerprint density at radius 3 is 2.57 bits per heavy atom. The highest BCUT2D eigenvalue weighted by Crippen LogP contribution is 2.12. The molecule has 3 N–H and O–H groups in total. The van der Waals surface area contributed by atoms with Crippen LogP contribution in [-0.4, -0.2) is 18.6 Å². The van der Waals surface area contributed by atoms with E-state index >= 15 is 0 Å². The first-order valence-electron chi connectivity index (χ1n) is 4.80. The fraction of sp³-hybridized carbons (Fsp3) is 0.455. The minimum Gasteiger partial charge on any atom is -0.399 e. The summed E-state index contributed by atoms with van der Waals surface area (Å²) in [7, 11) is 0. The third-order valence-electron chi connectivity index (χ3n) is 2.02. The van der Waals surface area contributed by atoms with Crippen molar-refractivity contribution in [2.45, 2.75) is 6.92 Å². The summed E-state index contributed by atoms with van der Waals surface area (Å²) in [4.78, 5) is 0. The molecule has 1 unspecified atom stereocenters. The number of nitrogen functional groups attached to an aromatic ring is 1. The third kappa shape index (κ3) is 3.92. The van der Waals surface area contributed by atoms with Crippen molar-refractivity contribution < 1.29 is 0 Å². The van der Waals surface area contributed by atoms with Gasteiger partial charge in [0.1, 0.15) is 0 Å². The highest BCUT2D eigenvalue weighted by Gasteiger charge is 2.00. The predicted molar refractivity (Wildman–Crippen MR) is 66.9 cm³/mol. The van der Waals surface area contributed by atoms with Crippen molar-refractivity contribution in [1.82, 2.24) is 0 Å². The monoisotopic (exact) mass is 210 g/mol. The Labute approximate surface area is 90.3 Å². The zero-order chi connectivity index (χ0) is 10.4. The van der Waals surface area contributed by atoms with Crippen molar-refractivity contribution in [1.29, 1.82) is 0 Å². The molecule has 2 nitrogen and oxygen atoms in total. The van der Waals surface area contributed by atoms with Crippen molar-refractivity contribution in [2.75, 3.05) is 29.6 Å². The van der Waals surface area contributed by atoms with Crippen LogP contribution in [0.3, 0.4) is 0 Å². The Balaban J connectivity index is 2.34. The fourth-order valence-corrected chi connectivity index (χ4v) is 1.92. The molecule has 0 aromatic heterocycles. The van der Waals surface area contributed by atoms with Gasteiger partial charge in [-0.3, -0.25) is 0 Å². The molecule has 0 spiro atoms. The number of nitrogens with one attached hydrogen (secondary N) is 1. The molecule has 0 radical (unpaired) electrons. The van der Waals surface area contributed by atoms with Crippen molar-refractivity contribution in [3.05, 3.63) is 24.3 Å². The third-order valence-corrected chi connectivity index (χ3v) is 2.92. The van der Waals surface area contributed by atoms with E-state index in [-0.39, 0.29) is 0 Å². The largest absolute Gasteiger partial charge is 0.399 e. The number of anilines is 2. The summed E-state index contributed by atoms with van der Waals surface area (Å²) in [6, 6.07) is 7.87. The second-order valence-electron chi connectivity index (χ2n) is 3.56. The Bertz CT molecular complexity index is 258. The van der Waals surface area contributed by atoms with Crippen LogP contribution in [0.1, 0.15) is 6.92 Å². The Morgan fingerprint density at radius 2 is 2.00 bits per heavy atom. The van der Waals surface area contributed by atoms with Crippen LogP contribution < -0.4 is 11.1 Å². The van der Waals surface area contributed by atoms with Crippen LogP contribution >= 0.6 is 11.8 Å². The predicted octanol–water partition coefficient (Wildman–Crippen LogP) is 2.68. The summed E-state index contributed by atoms with van der Waals surface area (Å²) >= 11 is 1.89. The molecule has 0 bridgehead atoms. The zero-order valence-electron chi connectivity index (χ0n) is 8.79.